The number of benzene rings is 1. The van der Waals surface area contributed by atoms with Gasteiger partial charge in [-0.2, -0.15) is 0 Å². The molecule has 7 heteroatoms. The molecule has 0 aliphatic heterocycles. The van der Waals surface area contributed by atoms with E-state index in [4.69, 9.17) is 9.84 Å². The molecule has 7 nitrogen and oxygen atoms in total. The monoisotopic (exact) mass is 294 g/mol. The molecular formula is C14H14O7. The number of ether oxygens (including phenoxy) is 3. The molecular weight excluding hydrogens is 280 g/mol. The summed E-state index contributed by atoms with van der Waals surface area (Å²) in [4.78, 5) is 33.5. The number of phenols is 1. The molecule has 0 aliphatic rings. The molecule has 1 aromatic rings. The molecule has 1 N–H and O–H groups in total. The third-order valence-corrected chi connectivity index (χ3v) is 2.04. The second-order valence-corrected chi connectivity index (χ2v) is 3.66. The van der Waals surface area contributed by atoms with Crippen LogP contribution in [0.1, 0.15) is 6.92 Å². The molecule has 0 heterocycles. The summed E-state index contributed by atoms with van der Waals surface area (Å²) >= 11 is 0. The predicted molar refractivity (Wildman–Crippen MR) is 70.5 cm³/mol. The van der Waals surface area contributed by atoms with Crippen LogP contribution >= 0.6 is 0 Å². The van der Waals surface area contributed by atoms with Crippen LogP contribution in [0.3, 0.4) is 0 Å². The van der Waals surface area contributed by atoms with Gasteiger partial charge in [-0.25, -0.2) is 14.4 Å². The molecule has 0 amide bonds. The van der Waals surface area contributed by atoms with E-state index in [9.17, 15) is 14.4 Å². The minimum absolute atomic E-state index is 0.0327. The number of carbonyl (C=O) groups is 3. The van der Waals surface area contributed by atoms with Crippen LogP contribution < -0.4 is 4.74 Å². The zero-order chi connectivity index (χ0) is 15.7. The van der Waals surface area contributed by atoms with Crippen LogP contribution in [-0.4, -0.2) is 36.2 Å². The smallest absolute Gasteiger partial charge is 0.349 e. The zero-order valence-electron chi connectivity index (χ0n) is 11.3. The van der Waals surface area contributed by atoms with E-state index in [-0.39, 0.29) is 18.1 Å². The van der Waals surface area contributed by atoms with Crippen LogP contribution in [-0.2, 0) is 23.9 Å². The molecule has 0 bridgehead atoms. The summed E-state index contributed by atoms with van der Waals surface area (Å²) in [5.74, 6) is -2.10. The van der Waals surface area contributed by atoms with E-state index in [0.29, 0.717) is 0 Å². The summed E-state index contributed by atoms with van der Waals surface area (Å²) in [5, 5.41) is 9.05. The second-order valence-electron chi connectivity index (χ2n) is 3.66. The highest BCUT2D eigenvalue weighted by atomic mass is 16.6. The van der Waals surface area contributed by atoms with Gasteiger partial charge in [0.1, 0.15) is 11.5 Å². The number of rotatable bonds is 6. The minimum Gasteiger partial charge on any atom is -0.508 e. The van der Waals surface area contributed by atoms with Crippen LogP contribution in [0.4, 0.5) is 0 Å². The largest absolute Gasteiger partial charge is 0.508 e. The van der Waals surface area contributed by atoms with E-state index in [2.05, 4.69) is 9.47 Å². The van der Waals surface area contributed by atoms with Crippen molar-refractivity contribution in [3.8, 4) is 11.5 Å². The third-order valence-electron chi connectivity index (χ3n) is 2.04. The SMILES string of the molecule is CCOC(=O)C=CC(=O)OCC(=O)Oc1ccc(O)cc1. The Hall–Kier alpha value is -2.83. The Morgan fingerprint density at radius 1 is 1.05 bits per heavy atom. The lowest BCUT2D eigenvalue weighted by Crippen LogP contribution is -2.18. The standard InChI is InChI=1S/C14H14O7/c1-2-19-12(16)7-8-13(17)20-9-14(18)21-11-5-3-10(15)4-6-11/h3-8,15H,2,9H2,1H3. The van der Waals surface area contributed by atoms with E-state index in [1.165, 1.54) is 24.3 Å². The van der Waals surface area contributed by atoms with Crippen LogP contribution in [0.15, 0.2) is 36.4 Å². The molecule has 21 heavy (non-hydrogen) atoms. The highest BCUT2D eigenvalue weighted by Crippen LogP contribution is 2.15. The Morgan fingerprint density at radius 2 is 1.62 bits per heavy atom. The minimum atomic E-state index is -0.870. The maximum atomic E-state index is 11.4. The normalized spacial score (nSPS) is 10.1. The molecule has 0 unspecified atom stereocenters. The van der Waals surface area contributed by atoms with Crippen molar-refractivity contribution in [1.82, 2.24) is 0 Å². The average Bonchev–Trinajstić information content (AvgIpc) is 2.46. The second kappa shape index (κ2) is 8.36. The number of carbonyl (C=O) groups excluding carboxylic acids is 3. The number of hydrogen-bond acceptors (Lipinski definition) is 7. The lowest BCUT2D eigenvalue weighted by molar-refractivity contribution is -0.150. The Labute approximate surface area is 120 Å². The van der Waals surface area contributed by atoms with Crippen LogP contribution in [0, 0.1) is 0 Å². The van der Waals surface area contributed by atoms with Crippen molar-refractivity contribution in [2.75, 3.05) is 13.2 Å². The van der Waals surface area contributed by atoms with Crippen molar-refractivity contribution >= 4 is 17.9 Å². The van der Waals surface area contributed by atoms with Gasteiger partial charge >= 0.3 is 17.9 Å². The van der Waals surface area contributed by atoms with Gasteiger partial charge in [-0.1, -0.05) is 0 Å². The number of phenolic OH excluding ortho intramolecular Hbond substituents is 1. The molecule has 0 saturated heterocycles. The van der Waals surface area contributed by atoms with E-state index < -0.39 is 24.5 Å². The predicted octanol–water partition coefficient (Wildman–Crippen LogP) is 0.960. The maximum absolute atomic E-state index is 11.4. The molecule has 0 spiro atoms. The van der Waals surface area contributed by atoms with Gasteiger partial charge in [0.15, 0.2) is 6.61 Å². The van der Waals surface area contributed by atoms with Crippen molar-refractivity contribution in [3.63, 3.8) is 0 Å². The average molecular weight is 294 g/mol. The lowest BCUT2D eigenvalue weighted by Gasteiger charge is -2.04. The highest BCUT2D eigenvalue weighted by Gasteiger charge is 2.08. The van der Waals surface area contributed by atoms with Gasteiger partial charge in [-0.3, -0.25) is 0 Å². The fraction of sp³-hybridized carbons (Fsp3) is 0.214. The summed E-state index contributed by atoms with van der Waals surface area (Å²) in [6, 6.07) is 5.46. The molecule has 112 valence electrons. The highest BCUT2D eigenvalue weighted by molar-refractivity contribution is 5.92. The van der Waals surface area contributed by atoms with Crippen LogP contribution in [0.2, 0.25) is 0 Å². The van der Waals surface area contributed by atoms with E-state index in [1.807, 2.05) is 0 Å². The number of esters is 3. The summed E-state index contributed by atoms with van der Waals surface area (Å²) < 4.78 is 14.0. The first-order valence-corrected chi connectivity index (χ1v) is 6.02. The number of aromatic hydroxyl groups is 1. The Balaban J connectivity index is 2.34. The molecule has 0 atom stereocenters. The van der Waals surface area contributed by atoms with Crippen molar-refractivity contribution in [1.29, 1.82) is 0 Å². The van der Waals surface area contributed by atoms with Gasteiger partial charge in [0.2, 0.25) is 0 Å². The third kappa shape index (κ3) is 6.76. The molecule has 0 aromatic heterocycles. The fourth-order valence-electron chi connectivity index (χ4n) is 1.18. The van der Waals surface area contributed by atoms with E-state index in [0.717, 1.165) is 12.2 Å². The van der Waals surface area contributed by atoms with Crippen LogP contribution in [0.25, 0.3) is 0 Å². The number of hydrogen-bond donors (Lipinski definition) is 1. The first kappa shape index (κ1) is 16.2. The molecule has 1 aromatic carbocycles. The molecule has 0 aliphatic carbocycles. The fourth-order valence-corrected chi connectivity index (χ4v) is 1.18. The Morgan fingerprint density at radius 3 is 2.19 bits per heavy atom. The van der Waals surface area contributed by atoms with Gasteiger partial charge in [0.25, 0.3) is 0 Å². The lowest BCUT2D eigenvalue weighted by atomic mass is 10.3. The van der Waals surface area contributed by atoms with Crippen molar-refractivity contribution in [2.24, 2.45) is 0 Å². The van der Waals surface area contributed by atoms with Crippen molar-refractivity contribution in [2.45, 2.75) is 6.92 Å². The van der Waals surface area contributed by atoms with E-state index in [1.54, 1.807) is 6.92 Å². The van der Waals surface area contributed by atoms with Gasteiger partial charge in [-0.15, -0.1) is 0 Å². The molecule has 1 rings (SSSR count). The van der Waals surface area contributed by atoms with Crippen molar-refractivity contribution in [3.05, 3.63) is 36.4 Å². The topological polar surface area (TPSA) is 99.1 Å². The molecule has 0 saturated carbocycles. The Kier molecular flexibility index (Phi) is 6.46. The first-order chi connectivity index (χ1) is 10.0. The van der Waals surface area contributed by atoms with E-state index >= 15 is 0 Å². The molecule has 0 fully saturated rings. The first-order valence-electron chi connectivity index (χ1n) is 6.02. The summed E-state index contributed by atoms with van der Waals surface area (Å²) in [5.41, 5.74) is 0. The van der Waals surface area contributed by atoms with Crippen LogP contribution in [0.5, 0.6) is 11.5 Å². The van der Waals surface area contributed by atoms with Gasteiger partial charge < -0.3 is 19.3 Å². The van der Waals surface area contributed by atoms with Gasteiger partial charge in [0.05, 0.1) is 6.61 Å². The zero-order valence-corrected chi connectivity index (χ0v) is 11.3. The summed E-state index contributed by atoms with van der Waals surface area (Å²) in [7, 11) is 0. The summed E-state index contributed by atoms with van der Waals surface area (Å²) in [6.45, 7) is 1.22. The quantitative estimate of drug-likeness (QED) is 0.474. The Bertz CT molecular complexity index is 531. The maximum Gasteiger partial charge on any atom is 0.349 e. The van der Waals surface area contributed by atoms with Crippen molar-refractivity contribution < 1.29 is 33.7 Å². The van der Waals surface area contributed by atoms with Gasteiger partial charge in [0, 0.05) is 12.2 Å². The summed E-state index contributed by atoms with van der Waals surface area (Å²) in [6.07, 6.45) is 1.75. The van der Waals surface area contributed by atoms with Gasteiger partial charge in [-0.05, 0) is 31.2 Å². The molecule has 0 radical (unpaired) electrons.